The van der Waals surface area contributed by atoms with Gasteiger partial charge in [-0.1, -0.05) is 48.0 Å². The van der Waals surface area contributed by atoms with Crippen LogP contribution in [-0.2, 0) is 11.3 Å². The highest BCUT2D eigenvalue weighted by Gasteiger charge is 2.13. The minimum absolute atomic E-state index is 0.0798. The molecule has 1 aromatic heterocycles. The molecule has 4 aromatic rings. The maximum Gasteiger partial charge on any atom is 0.270 e. The monoisotopic (exact) mass is 436 g/mol. The zero-order valence-electron chi connectivity index (χ0n) is 17.9. The number of hydrogen-bond donors (Lipinski definition) is 1. The number of anilines is 1. The van der Waals surface area contributed by atoms with Crippen molar-refractivity contribution in [3.05, 3.63) is 106 Å². The number of rotatable bonds is 6. The second-order valence-corrected chi connectivity index (χ2v) is 7.62. The molecule has 0 aliphatic carbocycles. The zero-order valence-corrected chi connectivity index (χ0v) is 17.9. The van der Waals surface area contributed by atoms with Gasteiger partial charge in [-0.2, -0.15) is 5.26 Å². The lowest BCUT2D eigenvalue weighted by Crippen LogP contribution is -2.18. The van der Waals surface area contributed by atoms with Crippen molar-refractivity contribution >= 4 is 39.8 Å². The van der Waals surface area contributed by atoms with E-state index in [1.807, 2.05) is 66.2 Å². The Bertz CT molecular complexity index is 1430. The molecule has 0 atom stereocenters. The summed E-state index contributed by atoms with van der Waals surface area (Å²) in [6.45, 7) is 2.08. The van der Waals surface area contributed by atoms with E-state index in [0.29, 0.717) is 11.1 Å². The summed E-state index contributed by atoms with van der Waals surface area (Å²) in [6, 6.07) is 23.3. The molecule has 0 saturated heterocycles. The van der Waals surface area contributed by atoms with Crippen LogP contribution in [0.1, 0.15) is 16.7 Å². The normalized spacial score (nSPS) is 11.2. The molecule has 0 unspecified atom stereocenters. The van der Waals surface area contributed by atoms with E-state index in [1.165, 1.54) is 12.1 Å². The standard InChI is InChI=1S/C26H20N4O3/c1-18-9-11-22(12-10-18)28-26(31)17-29-16-21(24-7-2-3-8-25(24)29)13-20(15-27)19-5-4-6-23(14-19)30(32)33/h2-14,16H,17H2,1H3,(H,28,31)/b20-13-. The smallest absolute Gasteiger partial charge is 0.270 e. The second-order valence-electron chi connectivity index (χ2n) is 7.62. The maximum atomic E-state index is 12.7. The van der Waals surface area contributed by atoms with E-state index in [0.717, 1.165) is 27.7 Å². The van der Waals surface area contributed by atoms with Crippen LogP contribution in [0.5, 0.6) is 0 Å². The van der Waals surface area contributed by atoms with Crippen molar-refractivity contribution in [1.82, 2.24) is 4.57 Å². The number of allylic oxidation sites excluding steroid dienone is 1. The van der Waals surface area contributed by atoms with Gasteiger partial charge in [-0.15, -0.1) is 0 Å². The Morgan fingerprint density at radius 1 is 1.12 bits per heavy atom. The van der Waals surface area contributed by atoms with Gasteiger partial charge in [0.15, 0.2) is 0 Å². The molecule has 1 amide bonds. The summed E-state index contributed by atoms with van der Waals surface area (Å²) in [5.41, 5.74) is 4.10. The Hall–Kier alpha value is -4.70. The van der Waals surface area contributed by atoms with Gasteiger partial charge in [0.2, 0.25) is 5.91 Å². The molecule has 0 spiro atoms. The van der Waals surface area contributed by atoms with Gasteiger partial charge in [0.05, 0.1) is 16.6 Å². The van der Waals surface area contributed by atoms with E-state index >= 15 is 0 Å². The first-order valence-corrected chi connectivity index (χ1v) is 10.3. The van der Waals surface area contributed by atoms with Crippen LogP contribution in [0.25, 0.3) is 22.6 Å². The summed E-state index contributed by atoms with van der Waals surface area (Å²) in [5, 5.41) is 24.6. The number of hydrogen-bond acceptors (Lipinski definition) is 4. The molecule has 1 N–H and O–H groups in total. The quantitative estimate of drug-likeness (QED) is 0.243. The third kappa shape index (κ3) is 4.81. The first-order chi connectivity index (χ1) is 15.9. The molecular formula is C26H20N4O3. The van der Waals surface area contributed by atoms with E-state index in [-0.39, 0.29) is 18.1 Å². The van der Waals surface area contributed by atoms with E-state index in [1.54, 1.807) is 18.2 Å². The fraction of sp³-hybridized carbons (Fsp3) is 0.0769. The second kappa shape index (κ2) is 9.20. The number of amides is 1. The summed E-state index contributed by atoms with van der Waals surface area (Å²) in [4.78, 5) is 23.3. The molecule has 3 aromatic carbocycles. The van der Waals surface area contributed by atoms with Crippen molar-refractivity contribution in [3.8, 4) is 6.07 Å². The van der Waals surface area contributed by atoms with Crippen molar-refractivity contribution in [2.75, 3.05) is 5.32 Å². The van der Waals surface area contributed by atoms with E-state index in [2.05, 4.69) is 11.4 Å². The lowest BCUT2D eigenvalue weighted by Gasteiger charge is -2.07. The fourth-order valence-corrected chi connectivity index (χ4v) is 3.64. The van der Waals surface area contributed by atoms with Crippen LogP contribution in [0.3, 0.4) is 0 Å². The van der Waals surface area contributed by atoms with Crippen LogP contribution in [0.4, 0.5) is 11.4 Å². The number of nitro groups is 1. The molecule has 33 heavy (non-hydrogen) atoms. The van der Waals surface area contributed by atoms with E-state index in [9.17, 15) is 20.2 Å². The van der Waals surface area contributed by atoms with Crippen LogP contribution >= 0.6 is 0 Å². The number of benzene rings is 3. The number of fused-ring (bicyclic) bond motifs is 1. The highest BCUT2D eigenvalue weighted by atomic mass is 16.6. The Labute approximate surface area is 190 Å². The highest BCUT2D eigenvalue weighted by molar-refractivity contribution is 5.99. The SMILES string of the molecule is Cc1ccc(NC(=O)Cn2cc(/C=C(/C#N)c3cccc([N+](=O)[O-])c3)c3ccccc32)cc1. The zero-order chi connectivity index (χ0) is 23.4. The Kier molecular flexibility index (Phi) is 6.00. The number of nitro benzene ring substituents is 1. The van der Waals surface area contributed by atoms with Crippen LogP contribution in [0.15, 0.2) is 79.0 Å². The molecule has 7 heteroatoms. The van der Waals surface area contributed by atoms with Gasteiger partial charge in [-0.3, -0.25) is 14.9 Å². The van der Waals surface area contributed by atoms with Crippen molar-refractivity contribution in [2.45, 2.75) is 13.5 Å². The van der Waals surface area contributed by atoms with Gasteiger partial charge < -0.3 is 9.88 Å². The van der Waals surface area contributed by atoms with Gasteiger partial charge in [0, 0.05) is 40.5 Å². The Morgan fingerprint density at radius 2 is 1.88 bits per heavy atom. The van der Waals surface area contributed by atoms with Crippen LogP contribution in [0, 0.1) is 28.4 Å². The predicted molar refractivity (Wildman–Crippen MR) is 128 cm³/mol. The maximum absolute atomic E-state index is 12.7. The van der Waals surface area contributed by atoms with E-state index < -0.39 is 4.92 Å². The molecule has 1 heterocycles. The first-order valence-electron chi connectivity index (χ1n) is 10.3. The molecule has 0 fully saturated rings. The Morgan fingerprint density at radius 3 is 2.61 bits per heavy atom. The number of carbonyl (C=O) groups is 1. The third-order valence-electron chi connectivity index (χ3n) is 5.26. The summed E-state index contributed by atoms with van der Waals surface area (Å²) < 4.78 is 1.83. The number of nitriles is 1. The fourth-order valence-electron chi connectivity index (χ4n) is 3.64. The molecule has 0 aliphatic rings. The molecule has 4 rings (SSSR count). The van der Waals surface area contributed by atoms with Crippen LogP contribution in [0.2, 0.25) is 0 Å². The molecule has 0 radical (unpaired) electrons. The Balaban J connectivity index is 1.67. The number of nitrogens with one attached hydrogen (secondary N) is 1. The van der Waals surface area contributed by atoms with Crippen molar-refractivity contribution in [1.29, 1.82) is 5.26 Å². The predicted octanol–water partition coefficient (Wildman–Crippen LogP) is 5.56. The summed E-state index contributed by atoms with van der Waals surface area (Å²) in [7, 11) is 0. The number of aromatic nitrogens is 1. The molecule has 162 valence electrons. The van der Waals surface area contributed by atoms with E-state index in [4.69, 9.17) is 0 Å². The molecular weight excluding hydrogens is 416 g/mol. The summed E-state index contributed by atoms with van der Waals surface area (Å²) in [5.74, 6) is -0.172. The van der Waals surface area contributed by atoms with Gasteiger partial charge in [0.1, 0.15) is 6.54 Å². The molecule has 0 bridgehead atoms. The lowest BCUT2D eigenvalue weighted by molar-refractivity contribution is -0.384. The van der Waals surface area contributed by atoms with Gasteiger partial charge in [-0.25, -0.2) is 0 Å². The van der Waals surface area contributed by atoms with Crippen molar-refractivity contribution in [3.63, 3.8) is 0 Å². The van der Waals surface area contributed by atoms with Gasteiger partial charge in [-0.05, 0) is 36.8 Å². The van der Waals surface area contributed by atoms with Crippen LogP contribution < -0.4 is 5.32 Å². The summed E-state index contributed by atoms with van der Waals surface area (Å²) >= 11 is 0. The third-order valence-corrected chi connectivity index (χ3v) is 5.26. The lowest BCUT2D eigenvalue weighted by atomic mass is 10.0. The number of nitrogens with zero attached hydrogens (tertiary/aromatic N) is 3. The summed E-state index contributed by atoms with van der Waals surface area (Å²) in [6.07, 6.45) is 3.50. The van der Waals surface area contributed by atoms with Crippen molar-refractivity contribution in [2.24, 2.45) is 0 Å². The number of non-ortho nitro benzene ring substituents is 1. The van der Waals surface area contributed by atoms with Crippen LogP contribution in [-0.4, -0.2) is 15.4 Å². The first kappa shape index (κ1) is 21.5. The topological polar surface area (TPSA) is 101 Å². The minimum atomic E-state index is -0.489. The number of para-hydroxylation sites is 1. The number of aryl methyl sites for hydroxylation is 1. The molecule has 0 saturated carbocycles. The van der Waals surface area contributed by atoms with Crippen molar-refractivity contribution < 1.29 is 9.72 Å². The number of carbonyl (C=O) groups excluding carboxylic acids is 1. The average molecular weight is 436 g/mol. The molecule has 0 aliphatic heterocycles. The highest BCUT2D eigenvalue weighted by Crippen LogP contribution is 2.27. The minimum Gasteiger partial charge on any atom is -0.337 e. The average Bonchev–Trinajstić information content (AvgIpc) is 3.16. The van der Waals surface area contributed by atoms with Gasteiger partial charge in [0.25, 0.3) is 5.69 Å². The largest absolute Gasteiger partial charge is 0.337 e. The van der Waals surface area contributed by atoms with Gasteiger partial charge >= 0.3 is 0 Å². The molecule has 7 nitrogen and oxygen atoms in total.